The van der Waals surface area contributed by atoms with Gasteiger partial charge in [-0.1, -0.05) is 48.9 Å². The number of benzene rings is 2. The zero-order valence-electron chi connectivity index (χ0n) is 17.1. The molecular weight excluding hydrogens is 406 g/mol. The Hall–Kier alpha value is -3.06. The van der Waals surface area contributed by atoms with Crippen molar-refractivity contribution in [2.75, 3.05) is 13.7 Å². The van der Waals surface area contributed by atoms with Crippen molar-refractivity contribution in [2.45, 2.75) is 31.8 Å². The molecule has 2 aromatic carbocycles. The Bertz CT molecular complexity index is 963. The molecule has 3 rings (SSSR count). The largest absolute Gasteiger partial charge is 0.496 e. The van der Waals surface area contributed by atoms with E-state index in [4.69, 9.17) is 16.3 Å². The Balaban J connectivity index is 1.75. The van der Waals surface area contributed by atoms with Crippen LogP contribution >= 0.6 is 11.6 Å². The van der Waals surface area contributed by atoms with Gasteiger partial charge >= 0.3 is 6.03 Å². The fraction of sp³-hybridized carbons (Fsp3) is 0.318. The predicted octanol–water partition coefficient (Wildman–Crippen LogP) is 3.38. The molecule has 2 N–H and O–H groups in total. The van der Waals surface area contributed by atoms with Crippen LogP contribution in [-0.2, 0) is 15.1 Å². The van der Waals surface area contributed by atoms with Gasteiger partial charge in [0.2, 0.25) is 5.91 Å². The maximum atomic E-state index is 13.2. The van der Waals surface area contributed by atoms with Gasteiger partial charge < -0.3 is 15.4 Å². The number of hydrogen-bond acceptors (Lipinski definition) is 4. The lowest BCUT2D eigenvalue weighted by Gasteiger charge is -2.26. The van der Waals surface area contributed by atoms with E-state index in [1.54, 1.807) is 44.4 Å². The Morgan fingerprint density at radius 2 is 1.87 bits per heavy atom. The van der Waals surface area contributed by atoms with Gasteiger partial charge in [0, 0.05) is 10.6 Å². The third kappa shape index (κ3) is 3.98. The number of nitrogens with zero attached hydrogens (tertiary/aromatic N) is 1. The highest BCUT2D eigenvalue weighted by Crippen LogP contribution is 2.33. The summed E-state index contributed by atoms with van der Waals surface area (Å²) in [6.45, 7) is 3.24. The molecule has 158 valence electrons. The molecule has 0 bridgehead atoms. The molecule has 4 amide bonds. The minimum absolute atomic E-state index is 0.342. The number of para-hydroxylation sites is 1. The number of hydrogen-bond donors (Lipinski definition) is 2. The summed E-state index contributed by atoms with van der Waals surface area (Å²) < 4.78 is 5.33. The lowest BCUT2D eigenvalue weighted by molar-refractivity contribution is -0.135. The Kier molecular flexibility index (Phi) is 6.31. The van der Waals surface area contributed by atoms with Crippen LogP contribution in [0.3, 0.4) is 0 Å². The molecule has 2 atom stereocenters. The first-order chi connectivity index (χ1) is 14.3. The standard InChI is InChI=1S/C22H24ClN3O4/c1-4-22(15-9-11-16(23)12-10-15)20(28)26(21(29)25-22)13-19(27)24-14(2)17-7-5-6-8-18(17)30-3/h5-12,14H,4,13H2,1-3H3,(H,24,27)(H,25,29). The van der Waals surface area contributed by atoms with E-state index >= 15 is 0 Å². The summed E-state index contributed by atoms with van der Waals surface area (Å²) in [4.78, 5) is 39.3. The highest BCUT2D eigenvalue weighted by molar-refractivity contribution is 6.30. The zero-order chi connectivity index (χ0) is 21.9. The van der Waals surface area contributed by atoms with Crippen molar-refractivity contribution >= 4 is 29.4 Å². The van der Waals surface area contributed by atoms with Gasteiger partial charge in [-0.15, -0.1) is 0 Å². The van der Waals surface area contributed by atoms with E-state index in [1.807, 2.05) is 25.1 Å². The normalized spacial score (nSPS) is 19.4. The summed E-state index contributed by atoms with van der Waals surface area (Å²) in [5, 5.41) is 6.11. The van der Waals surface area contributed by atoms with Gasteiger partial charge in [0.15, 0.2) is 0 Å². The maximum absolute atomic E-state index is 13.2. The number of urea groups is 1. The number of amides is 4. The van der Waals surface area contributed by atoms with Crippen molar-refractivity contribution in [3.63, 3.8) is 0 Å². The molecule has 1 saturated heterocycles. The van der Waals surface area contributed by atoms with E-state index < -0.39 is 23.4 Å². The molecule has 1 aliphatic rings. The van der Waals surface area contributed by atoms with Crippen LogP contribution in [0, 0.1) is 0 Å². The summed E-state index contributed by atoms with van der Waals surface area (Å²) in [5.41, 5.74) is 0.212. The first-order valence-corrected chi connectivity index (χ1v) is 10.0. The summed E-state index contributed by atoms with van der Waals surface area (Å²) in [6, 6.07) is 13.1. The topological polar surface area (TPSA) is 87.7 Å². The van der Waals surface area contributed by atoms with Gasteiger partial charge in [-0.3, -0.25) is 14.5 Å². The number of nitrogens with one attached hydrogen (secondary N) is 2. The van der Waals surface area contributed by atoms with Crippen molar-refractivity contribution in [2.24, 2.45) is 0 Å². The first kappa shape index (κ1) is 21.6. The minimum Gasteiger partial charge on any atom is -0.496 e. The van der Waals surface area contributed by atoms with Crippen LogP contribution in [-0.4, -0.2) is 36.4 Å². The molecule has 0 radical (unpaired) electrons. The van der Waals surface area contributed by atoms with Crippen molar-refractivity contribution < 1.29 is 19.1 Å². The van der Waals surface area contributed by atoms with Crippen molar-refractivity contribution in [1.82, 2.24) is 15.5 Å². The molecule has 0 aliphatic carbocycles. The molecule has 7 nitrogen and oxygen atoms in total. The van der Waals surface area contributed by atoms with Crippen LogP contribution < -0.4 is 15.4 Å². The monoisotopic (exact) mass is 429 g/mol. The Morgan fingerprint density at radius 3 is 2.50 bits per heavy atom. The molecule has 0 spiro atoms. The number of rotatable bonds is 7. The van der Waals surface area contributed by atoms with Crippen molar-refractivity contribution in [1.29, 1.82) is 0 Å². The molecule has 1 aliphatic heterocycles. The smallest absolute Gasteiger partial charge is 0.325 e. The number of carbonyl (C=O) groups is 3. The second-order valence-electron chi connectivity index (χ2n) is 7.12. The maximum Gasteiger partial charge on any atom is 0.325 e. The predicted molar refractivity (Wildman–Crippen MR) is 113 cm³/mol. The molecule has 0 aromatic heterocycles. The highest BCUT2D eigenvalue weighted by atomic mass is 35.5. The number of halogens is 1. The molecule has 30 heavy (non-hydrogen) atoms. The molecule has 1 heterocycles. The van der Waals surface area contributed by atoms with Crippen LogP contribution in [0.25, 0.3) is 0 Å². The van der Waals surface area contributed by atoms with E-state index in [9.17, 15) is 14.4 Å². The second-order valence-corrected chi connectivity index (χ2v) is 7.55. The van der Waals surface area contributed by atoms with E-state index in [0.29, 0.717) is 22.8 Å². The number of imide groups is 1. The third-order valence-electron chi connectivity index (χ3n) is 5.33. The summed E-state index contributed by atoms with van der Waals surface area (Å²) in [6.07, 6.45) is 0.342. The van der Waals surface area contributed by atoms with Gasteiger partial charge in [0.05, 0.1) is 13.2 Å². The molecule has 2 aromatic rings. The average Bonchev–Trinajstić information content (AvgIpc) is 2.99. The molecule has 2 unspecified atom stereocenters. The minimum atomic E-state index is -1.21. The van der Waals surface area contributed by atoms with E-state index in [2.05, 4.69) is 10.6 Å². The van der Waals surface area contributed by atoms with Gasteiger partial charge in [-0.25, -0.2) is 4.79 Å². The van der Waals surface area contributed by atoms with E-state index in [-0.39, 0.29) is 12.6 Å². The highest BCUT2D eigenvalue weighted by Gasteiger charge is 2.51. The number of carbonyl (C=O) groups excluding carboxylic acids is 3. The van der Waals surface area contributed by atoms with Gasteiger partial charge in [-0.05, 0) is 37.1 Å². The quantitative estimate of drug-likeness (QED) is 0.660. The molecule has 8 heteroatoms. The van der Waals surface area contributed by atoms with Crippen molar-refractivity contribution in [3.8, 4) is 5.75 Å². The van der Waals surface area contributed by atoms with Crippen LogP contribution in [0.1, 0.15) is 37.4 Å². The van der Waals surface area contributed by atoms with Gasteiger partial charge in [-0.2, -0.15) is 0 Å². The zero-order valence-corrected chi connectivity index (χ0v) is 17.8. The third-order valence-corrected chi connectivity index (χ3v) is 5.58. The molecular formula is C22H24ClN3O4. The van der Waals surface area contributed by atoms with Gasteiger partial charge in [0.25, 0.3) is 5.91 Å². The SMILES string of the molecule is CCC1(c2ccc(Cl)cc2)NC(=O)N(CC(=O)NC(C)c2ccccc2OC)C1=O. The summed E-state index contributed by atoms with van der Waals surface area (Å²) in [7, 11) is 1.56. The average molecular weight is 430 g/mol. The van der Waals surface area contributed by atoms with Crippen LogP contribution in [0.2, 0.25) is 5.02 Å². The first-order valence-electron chi connectivity index (χ1n) is 9.64. The Labute approximate surface area is 180 Å². The van der Waals surface area contributed by atoms with E-state index in [0.717, 1.165) is 10.5 Å². The Morgan fingerprint density at radius 1 is 1.20 bits per heavy atom. The van der Waals surface area contributed by atoms with Crippen molar-refractivity contribution in [3.05, 3.63) is 64.7 Å². The van der Waals surface area contributed by atoms with Gasteiger partial charge in [0.1, 0.15) is 17.8 Å². The van der Waals surface area contributed by atoms with Crippen LogP contribution in [0.4, 0.5) is 4.79 Å². The summed E-state index contributed by atoms with van der Waals surface area (Å²) >= 11 is 5.95. The number of methoxy groups -OCH3 is 1. The number of ether oxygens (including phenoxy) is 1. The lowest BCUT2D eigenvalue weighted by atomic mass is 9.87. The summed E-state index contributed by atoms with van der Waals surface area (Å²) in [5.74, 6) is -0.259. The molecule has 0 saturated carbocycles. The lowest BCUT2D eigenvalue weighted by Crippen LogP contribution is -2.45. The molecule has 1 fully saturated rings. The fourth-order valence-electron chi connectivity index (χ4n) is 3.68. The second kappa shape index (κ2) is 8.75. The van der Waals surface area contributed by atoms with Crippen LogP contribution in [0.15, 0.2) is 48.5 Å². The van der Waals surface area contributed by atoms with Crippen LogP contribution in [0.5, 0.6) is 5.75 Å². The van der Waals surface area contributed by atoms with E-state index in [1.165, 1.54) is 0 Å². The fourth-order valence-corrected chi connectivity index (χ4v) is 3.80.